The number of ether oxygens (including phenoxy) is 2. The van der Waals surface area contributed by atoms with Gasteiger partial charge >= 0.3 is 5.97 Å². The first kappa shape index (κ1) is 21.4. The fourth-order valence-electron chi connectivity index (χ4n) is 3.08. The summed E-state index contributed by atoms with van der Waals surface area (Å²) < 4.78 is 11.9. The Morgan fingerprint density at radius 1 is 0.900 bits per heavy atom. The minimum Gasteiger partial charge on any atom is -0.490 e. The molecule has 0 saturated heterocycles. The van der Waals surface area contributed by atoms with Gasteiger partial charge in [0.2, 0.25) is 0 Å². The topological polar surface area (TPSA) is 67.8 Å². The van der Waals surface area contributed by atoms with E-state index in [4.69, 9.17) is 14.6 Å². The second kappa shape index (κ2) is 10.5. The summed E-state index contributed by atoms with van der Waals surface area (Å²) in [6.07, 6.45) is 0. The highest BCUT2D eigenvalue weighted by Gasteiger charge is 2.12. The maximum atomic E-state index is 11.0. The molecule has 0 aliphatic carbocycles. The van der Waals surface area contributed by atoms with Crippen molar-refractivity contribution in [2.45, 2.75) is 33.5 Å². The van der Waals surface area contributed by atoms with Crippen molar-refractivity contribution < 1.29 is 19.4 Å². The van der Waals surface area contributed by atoms with E-state index in [0.717, 1.165) is 28.2 Å². The summed E-state index contributed by atoms with van der Waals surface area (Å²) in [5.74, 6) is 0.556. The summed E-state index contributed by atoms with van der Waals surface area (Å²) in [5, 5.41) is 12.4. The van der Waals surface area contributed by atoms with Crippen molar-refractivity contribution in [3.63, 3.8) is 0 Å². The smallest absolute Gasteiger partial charge is 0.335 e. The van der Waals surface area contributed by atoms with Gasteiger partial charge in [0.25, 0.3) is 0 Å². The molecule has 0 spiro atoms. The van der Waals surface area contributed by atoms with Crippen molar-refractivity contribution in [1.29, 1.82) is 0 Å². The van der Waals surface area contributed by atoms with Crippen molar-refractivity contribution in [1.82, 2.24) is 5.32 Å². The third kappa shape index (κ3) is 5.84. The van der Waals surface area contributed by atoms with Crippen LogP contribution < -0.4 is 14.8 Å². The van der Waals surface area contributed by atoms with Gasteiger partial charge in [-0.2, -0.15) is 0 Å². The van der Waals surface area contributed by atoms with Gasteiger partial charge in [-0.25, -0.2) is 4.79 Å². The molecule has 156 valence electrons. The van der Waals surface area contributed by atoms with Crippen LogP contribution in [0.5, 0.6) is 11.5 Å². The van der Waals surface area contributed by atoms with Gasteiger partial charge in [0.05, 0.1) is 12.2 Å². The molecule has 0 amide bonds. The molecular formula is C25H27NO4. The van der Waals surface area contributed by atoms with Crippen LogP contribution >= 0.6 is 0 Å². The predicted molar refractivity (Wildman–Crippen MR) is 117 cm³/mol. The number of rotatable bonds is 10. The summed E-state index contributed by atoms with van der Waals surface area (Å²) in [7, 11) is 0. The normalized spacial score (nSPS) is 10.6. The van der Waals surface area contributed by atoms with Gasteiger partial charge in [-0.15, -0.1) is 0 Å². The zero-order chi connectivity index (χ0) is 21.3. The van der Waals surface area contributed by atoms with E-state index in [1.165, 1.54) is 5.56 Å². The summed E-state index contributed by atoms with van der Waals surface area (Å²) in [4.78, 5) is 11.0. The fourth-order valence-corrected chi connectivity index (χ4v) is 3.08. The molecule has 5 nitrogen and oxygen atoms in total. The van der Waals surface area contributed by atoms with Crippen LogP contribution in [0.25, 0.3) is 0 Å². The first-order chi connectivity index (χ1) is 14.6. The standard InChI is InChI=1S/C25H27NO4/c1-3-29-23-6-4-5-22(24(23)30-17-20-9-7-18(2)8-10-20)16-26-15-19-11-13-21(14-12-19)25(27)28/h4-14,26H,3,15-17H2,1-2H3,(H,27,28). The van der Waals surface area contributed by atoms with Crippen molar-refractivity contribution >= 4 is 5.97 Å². The highest BCUT2D eigenvalue weighted by molar-refractivity contribution is 5.87. The Hall–Kier alpha value is -3.31. The van der Waals surface area contributed by atoms with E-state index in [9.17, 15) is 4.79 Å². The predicted octanol–water partition coefficient (Wildman–Crippen LogP) is 4.96. The fraction of sp³-hybridized carbons (Fsp3) is 0.240. The molecule has 3 aromatic rings. The summed E-state index contributed by atoms with van der Waals surface area (Å²) in [6, 6.07) is 21.1. The Morgan fingerprint density at radius 3 is 2.27 bits per heavy atom. The van der Waals surface area contributed by atoms with E-state index in [1.807, 2.05) is 37.3 Å². The molecule has 0 atom stereocenters. The molecule has 0 saturated carbocycles. The van der Waals surface area contributed by atoms with Gasteiger partial charge in [0, 0.05) is 18.7 Å². The molecule has 3 aromatic carbocycles. The maximum absolute atomic E-state index is 11.0. The van der Waals surface area contributed by atoms with Crippen LogP contribution in [0.3, 0.4) is 0 Å². The lowest BCUT2D eigenvalue weighted by Crippen LogP contribution is -2.14. The third-order valence-corrected chi connectivity index (χ3v) is 4.71. The number of hydrogen-bond donors (Lipinski definition) is 2. The monoisotopic (exact) mass is 405 g/mol. The van der Waals surface area contributed by atoms with E-state index in [-0.39, 0.29) is 5.56 Å². The minimum absolute atomic E-state index is 0.287. The molecule has 3 rings (SSSR count). The van der Waals surface area contributed by atoms with E-state index in [0.29, 0.717) is 26.3 Å². The molecule has 0 bridgehead atoms. The highest BCUT2D eigenvalue weighted by Crippen LogP contribution is 2.32. The van der Waals surface area contributed by atoms with Gasteiger partial charge in [0.1, 0.15) is 6.61 Å². The summed E-state index contributed by atoms with van der Waals surface area (Å²) in [5.41, 5.74) is 4.63. The Bertz CT molecular complexity index is 965. The summed E-state index contributed by atoms with van der Waals surface area (Å²) in [6.45, 7) is 6.27. The molecule has 0 unspecified atom stereocenters. The number of aryl methyl sites for hydroxylation is 1. The second-order valence-electron chi connectivity index (χ2n) is 7.06. The number of para-hydroxylation sites is 1. The largest absolute Gasteiger partial charge is 0.490 e. The van der Waals surface area contributed by atoms with Gasteiger partial charge in [0.15, 0.2) is 11.5 Å². The van der Waals surface area contributed by atoms with Crippen molar-refractivity contribution in [3.05, 3.63) is 94.5 Å². The second-order valence-corrected chi connectivity index (χ2v) is 7.06. The van der Waals surface area contributed by atoms with Crippen LogP contribution in [0.15, 0.2) is 66.7 Å². The highest BCUT2D eigenvalue weighted by atomic mass is 16.5. The molecule has 0 fully saturated rings. The number of carbonyl (C=O) groups is 1. The van der Waals surface area contributed by atoms with Gasteiger partial charge < -0.3 is 19.9 Å². The quantitative estimate of drug-likeness (QED) is 0.499. The van der Waals surface area contributed by atoms with E-state index in [2.05, 4.69) is 36.5 Å². The molecule has 0 aromatic heterocycles. The van der Waals surface area contributed by atoms with E-state index < -0.39 is 5.97 Å². The lowest BCUT2D eigenvalue weighted by atomic mass is 10.1. The average Bonchev–Trinajstić information content (AvgIpc) is 2.75. The van der Waals surface area contributed by atoms with Crippen molar-refractivity contribution in [2.24, 2.45) is 0 Å². The van der Waals surface area contributed by atoms with Gasteiger partial charge in [-0.05, 0) is 43.2 Å². The van der Waals surface area contributed by atoms with Crippen molar-refractivity contribution in [2.75, 3.05) is 6.61 Å². The van der Waals surface area contributed by atoms with Crippen LogP contribution in [0.4, 0.5) is 0 Å². The number of aromatic carboxylic acids is 1. The van der Waals surface area contributed by atoms with Crippen LogP contribution in [0.2, 0.25) is 0 Å². The van der Waals surface area contributed by atoms with Crippen LogP contribution in [-0.4, -0.2) is 17.7 Å². The zero-order valence-electron chi connectivity index (χ0n) is 17.4. The summed E-state index contributed by atoms with van der Waals surface area (Å²) >= 11 is 0. The Morgan fingerprint density at radius 2 is 1.60 bits per heavy atom. The number of hydrogen-bond acceptors (Lipinski definition) is 4. The van der Waals surface area contributed by atoms with Gasteiger partial charge in [-0.1, -0.05) is 54.1 Å². The maximum Gasteiger partial charge on any atom is 0.335 e. The SMILES string of the molecule is CCOc1cccc(CNCc2ccc(C(=O)O)cc2)c1OCc1ccc(C)cc1. The van der Waals surface area contributed by atoms with Crippen LogP contribution in [0, 0.1) is 6.92 Å². The Balaban J connectivity index is 1.67. The number of nitrogens with one attached hydrogen (secondary N) is 1. The van der Waals surface area contributed by atoms with E-state index in [1.54, 1.807) is 12.1 Å². The molecule has 0 radical (unpaired) electrons. The van der Waals surface area contributed by atoms with Gasteiger partial charge in [-0.3, -0.25) is 0 Å². The minimum atomic E-state index is -0.919. The lowest BCUT2D eigenvalue weighted by Gasteiger charge is -2.17. The number of carboxylic acids is 1. The van der Waals surface area contributed by atoms with Crippen LogP contribution in [-0.2, 0) is 19.7 Å². The first-order valence-electron chi connectivity index (χ1n) is 10.0. The number of carboxylic acid groups (broad SMARTS) is 1. The molecule has 30 heavy (non-hydrogen) atoms. The molecule has 0 heterocycles. The molecule has 0 aliphatic heterocycles. The molecular weight excluding hydrogens is 378 g/mol. The zero-order valence-corrected chi connectivity index (χ0v) is 17.4. The molecule has 2 N–H and O–H groups in total. The molecule has 0 aliphatic rings. The first-order valence-corrected chi connectivity index (χ1v) is 10.0. The van der Waals surface area contributed by atoms with Crippen LogP contribution in [0.1, 0.15) is 39.5 Å². The van der Waals surface area contributed by atoms with Crippen molar-refractivity contribution in [3.8, 4) is 11.5 Å². The van der Waals surface area contributed by atoms with E-state index >= 15 is 0 Å². The Labute approximate surface area is 177 Å². The average molecular weight is 405 g/mol. The number of benzene rings is 3. The third-order valence-electron chi connectivity index (χ3n) is 4.71. The molecule has 5 heteroatoms. The Kier molecular flexibility index (Phi) is 7.46. The lowest BCUT2D eigenvalue weighted by molar-refractivity contribution is 0.0697.